The van der Waals surface area contributed by atoms with Gasteiger partial charge in [0.2, 0.25) is 5.82 Å². The van der Waals surface area contributed by atoms with Crippen molar-refractivity contribution in [3.05, 3.63) is 104 Å². The van der Waals surface area contributed by atoms with E-state index in [1.165, 1.54) is 25.1 Å². The molecule has 1 heterocycles. The molecule has 184 valence electrons. The van der Waals surface area contributed by atoms with Gasteiger partial charge in [-0.25, -0.2) is 22.0 Å². The zero-order chi connectivity index (χ0) is 26.1. The third-order valence-electron chi connectivity index (χ3n) is 5.20. The maximum atomic E-state index is 14.2. The van der Waals surface area contributed by atoms with Gasteiger partial charge in [-0.15, -0.1) is 0 Å². The van der Waals surface area contributed by atoms with Gasteiger partial charge in [0.25, 0.3) is 11.6 Å². The Labute approximate surface area is 199 Å². The van der Waals surface area contributed by atoms with E-state index in [0.29, 0.717) is 16.9 Å². The summed E-state index contributed by atoms with van der Waals surface area (Å²) in [6.45, 7) is 1.48. The summed E-state index contributed by atoms with van der Waals surface area (Å²) in [7, 11) is 0. The van der Waals surface area contributed by atoms with E-state index in [0.717, 1.165) is 0 Å². The lowest BCUT2D eigenvalue weighted by molar-refractivity contribution is -0.384. The van der Waals surface area contributed by atoms with Gasteiger partial charge in [0.15, 0.2) is 23.3 Å². The fourth-order valence-corrected chi connectivity index (χ4v) is 3.32. The number of amides is 1. The predicted molar refractivity (Wildman–Crippen MR) is 119 cm³/mol. The molecule has 0 atom stereocenters. The van der Waals surface area contributed by atoms with Crippen LogP contribution in [0.3, 0.4) is 0 Å². The zero-order valence-electron chi connectivity index (χ0n) is 18.3. The molecule has 3 aromatic rings. The van der Waals surface area contributed by atoms with Crippen molar-refractivity contribution in [2.75, 3.05) is 5.01 Å². The van der Waals surface area contributed by atoms with Gasteiger partial charge in [-0.05, 0) is 48.4 Å². The first kappa shape index (κ1) is 24.5. The van der Waals surface area contributed by atoms with Crippen LogP contribution in [0.1, 0.15) is 18.1 Å². The van der Waals surface area contributed by atoms with E-state index in [1.807, 2.05) is 0 Å². The highest BCUT2D eigenvalue weighted by Gasteiger charge is 2.37. The maximum Gasteiger partial charge on any atom is 0.280 e. The highest BCUT2D eigenvalue weighted by atomic mass is 19.2. The Balaban J connectivity index is 1.50. The number of hydrazone groups is 1. The van der Waals surface area contributed by atoms with Gasteiger partial charge >= 0.3 is 0 Å². The molecule has 1 aliphatic rings. The lowest BCUT2D eigenvalue weighted by Crippen LogP contribution is -2.25. The summed E-state index contributed by atoms with van der Waals surface area (Å²) < 4.78 is 74.4. The fraction of sp³-hybridized carbons (Fsp3) is 0.0833. The van der Waals surface area contributed by atoms with Crippen LogP contribution in [0.25, 0.3) is 6.08 Å². The minimum atomic E-state index is -2.34. The van der Waals surface area contributed by atoms with Gasteiger partial charge in [-0.3, -0.25) is 14.9 Å². The van der Waals surface area contributed by atoms with Crippen molar-refractivity contribution in [1.82, 2.24) is 0 Å². The molecule has 1 amide bonds. The van der Waals surface area contributed by atoms with Crippen molar-refractivity contribution in [2.45, 2.75) is 13.5 Å². The molecule has 12 heteroatoms. The Morgan fingerprint density at radius 3 is 2.03 bits per heavy atom. The Kier molecular flexibility index (Phi) is 6.51. The van der Waals surface area contributed by atoms with Crippen molar-refractivity contribution in [3.63, 3.8) is 0 Å². The molecule has 1 aliphatic heterocycles. The first-order chi connectivity index (χ1) is 17.1. The Hall–Kier alpha value is -4.61. The minimum Gasteiger partial charge on any atom is -0.489 e. The van der Waals surface area contributed by atoms with Crippen molar-refractivity contribution in [2.24, 2.45) is 5.10 Å². The molecular weight excluding hydrogens is 489 g/mol. The molecular formula is C24H14F5N3O4. The second-order valence-corrected chi connectivity index (χ2v) is 7.56. The summed E-state index contributed by atoms with van der Waals surface area (Å²) in [5.41, 5.74) is -0.455. The van der Waals surface area contributed by atoms with Crippen LogP contribution >= 0.6 is 0 Å². The number of nitro groups is 1. The largest absolute Gasteiger partial charge is 0.489 e. The summed E-state index contributed by atoms with van der Waals surface area (Å²) in [6.07, 6.45) is 1.34. The lowest BCUT2D eigenvalue weighted by Gasteiger charge is -2.15. The molecule has 0 spiro atoms. The number of halogens is 5. The molecule has 0 saturated heterocycles. The van der Waals surface area contributed by atoms with E-state index in [2.05, 4.69) is 5.10 Å². The quantitative estimate of drug-likeness (QED) is 0.108. The maximum absolute atomic E-state index is 14.2. The number of nitro benzene ring substituents is 1. The molecule has 4 rings (SSSR count). The second kappa shape index (κ2) is 9.56. The number of benzene rings is 3. The van der Waals surface area contributed by atoms with Crippen LogP contribution in [-0.2, 0) is 11.4 Å². The summed E-state index contributed by atoms with van der Waals surface area (Å²) in [5.74, 6) is -11.7. The molecule has 0 bridgehead atoms. The van der Waals surface area contributed by atoms with Crippen LogP contribution in [0.5, 0.6) is 5.75 Å². The fourth-order valence-electron chi connectivity index (χ4n) is 3.32. The SMILES string of the molecule is CC1=NN(c2c(F)c(F)c(F)c(F)c2F)C(=O)/C1=C/c1ccc(OCc2ccc([N+](=O)[O-])cc2)cc1. The van der Waals surface area contributed by atoms with E-state index < -0.39 is 45.6 Å². The summed E-state index contributed by atoms with van der Waals surface area (Å²) in [6, 6.07) is 12.1. The first-order valence-corrected chi connectivity index (χ1v) is 10.2. The number of anilines is 1. The molecule has 0 N–H and O–H groups in total. The smallest absolute Gasteiger partial charge is 0.280 e. The summed E-state index contributed by atoms with van der Waals surface area (Å²) >= 11 is 0. The third kappa shape index (κ3) is 4.52. The summed E-state index contributed by atoms with van der Waals surface area (Å²) in [4.78, 5) is 22.9. The molecule has 36 heavy (non-hydrogen) atoms. The normalized spacial score (nSPS) is 14.4. The predicted octanol–water partition coefficient (Wildman–Crippen LogP) is 5.68. The average Bonchev–Trinajstić information content (AvgIpc) is 3.14. The van der Waals surface area contributed by atoms with Crippen LogP contribution in [-0.4, -0.2) is 16.5 Å². The van der Waals surface area contributed by atoms with Crippen LogP contribution in [0, 0.1) is 39.2 Å². The molecule has 3 aromatic carbocycles. The van der Waals surface area contributed by atoms with Crippen LogP contribution in [0.15, 0.2) is 59.2 Å². The number of non-ortho nitro benzene ring substituents is 1. The van der Waals surface area contributed by atoms with Gasteiger partial charge in [0.1, 0.15) is 18.0 Å². The molecule has 0 aliphatic carbocycles. The molecule has 0 radical (unpaired) electrons. The van der Waals surface area contributed by atoms with Gasteiger partial charge in [0, 0.05) is 12.1 Å². The number of hydrogen-bond acceptors (Lipinski definition) is 5. The van der Waals surface area contributed by atoms with Crippen LogP contribution < -0.4 is 9.75 Å². The molecule has 0 saturated carbocycles. The zero-order valence-corrected chi connectivity index (χ0v) is 18.3. The lowest BCUT2D eigenvalue weighted by atomic mass is 10.1. The van der Waals surface area contributed by atoms with Gasteiger partial charge in [0.05, 0.1) is 16.2 Å². The minimum absolute atomic E-state index is 0.00226. The van der Waals surface area contributed by atoms with E-state index >= 15 is 0 Å². The third-order valence-corrected chi connectivity index (χ3v) is 5.20. The van der Waals surface area contributed by atoms with Crippen molar-refractivity contribution in [1.29, 1.82) is 0 Å². The van der Waals surface area contributed by atoms with Crippen molar-refractivity contribution in [3.8, 4) is 5.75 Å². The number of nitrogens with zero attached hydrogens (tertiary/aromatic N) is 3. The second-order valence-electron chi connectivity index (χ2n) is 7.56. The van der Waals surface area contributed by atoms with E-state index in [-0.39, 0.29) is 28.6 Å². The molecule has 0 fully saturated rings. The van der Waals surface area contributed by atoms with Crippen LogP contribution in [0.2, 0.25) is 0 Å². The van der Waals surface area contributed by atoms with Gasteiger partial charge < -0.3 is 4.74 Å². The van der Waals surface area contributed by atoms with E-state index in [9.17, 15) is 36.9 Å². The number of carbonyl (C=O) groups is 1. The number of carbonyl (C=O) groups excluding carboxylic acids is 1. The highest BCUT2D eigenvalue weighted by molar-refractivity contribution is 6.32. The van der Waals surface area contributed by atoms with E-state index in [1.54, 1.807) is 36.4 Å². The number of rotatable bonds is 6. The van der Waals surface area contributed by atoms with Crippen LogP contribution in [0.4, 0.5) is 33.3 Å². The monoisotopic (exact) mass is 503 g/mol. The highest BCUT2D eigenvalue weighted by Crippen LogP contribution is 2.34. The standard InChI is InChI=1S/C24H14F5N3O4/c1-12-17(24(33)31(30-12)23-21(28)19(26)18(25)20(27)22(23)29)10-13-4-8-16(9-5-13)36-11-14-2-6-15(7-3-14)32(34)35/h2-10H,11H2,1H3/b17-10+. The Bertz CT molecular complexity index is 1410. The van der Waals surface area contributed by atoms with E-state index in [4.69, 9.17) is 4.74 Å². The summed E-state index contributed by atoms with van der Waals surface area (Å²) in [5, 5.41) is 14.5. The van der Waals surface area contributed by atoms with Gasteiger partial charge in [-0.1, -0.05) is 12.1 Å². The molecule has 0 unspecified atom stereocenters. The molecule has 7 nitrogen and oxygen atoms in total. The molecule has 0 aromatic heterocycles. The number of hydrogen-bond donors (Lipinski definition) is 0. The average molecular weight is 503 g/mol. The van der Waals surface area contributed by atoms with Crippen molar-refractivity contribution >= 4 is 29.1 Å². The topological polar surface area (TPSA) is 85.0 Å². The van der Waals surface area contributed by atoms with Crippen molar-refractivity contribution < 1.29 is 36.4 Å². The first-order valence-electron chi connectivity index (χ1n) is 10.2. The Morgan fingerprint density at radius 2 is 1.47 bits per heavy atom. The Morgan fingerprint density at radius 1 is 0.917 bits per heavy atom. The van der Waals surface area contributed by atoms with Gasteiger partial charge in [-0.2, -0.15) is 10.1 Å². The number of ether oxygens (including phenoxy) is 1.